The third-order valence-electron chi connectivity index (χ3n) is 15.8. The number of rotatable bonds is 7. The molecular formula is C67H50N4. The lowest BCUT2D eigenvalue weighted by Crippen LogP contribution is -2.49. The van der Waals surface area contributed by atoms with E-state index in [4.69, 9.17) is 5.10 Å². The standard InChI is InChI=1S/C67H50N4/c1-44-22-9-10-29-52(44)64-65(45-23-5-3-6-24-45)68-71-66(46-25-7-4-8-26-46)63(57-34-11-16-35-58(57)67(64,71)2)48-28-21-27-47(40-48)49-41-50(69-59-36-17-12-30-53(59)54-31-13-18-37-60(54)69)43-51(42-49)70-61-38-19-14-32-55(61)56-33-15-20-39-62(56)70/h3-44,52,64H,1-2H3. The molecule has 4 atom stereocenters. The quantitative estimate of drug-likeness (QED) is 0.156. The van der Waals surface area contributed by atoms with E-state index in [9.17, 15) is 0 Å². The van der Waals surface area contributed by atoms with Gasteiger partial charge in [0, 0.05) is 50.0 Å². The van der Waals surface area contributed by atoms with Crippen molar-refractivity contribution in [1.82, 2.24) is 14.1 Å². The fourth-order valence-corrected chi connectivity index (χ4v) is 12.6. The molecule has 4 nitrogen and oxygen atoms in total. The Hall–Kier alpha value is -8.73. The molecule has 0 fully saturated rings. The fraction of sp³-hybridized carbons (Fsp3) is 0.0896. The summed E-state index contributed by atoms with van der Waals surface area (Å²) in [5, 5.41) is 13.2. The van der Waals surface area contributed by atoms with E-state index in [-0.39, 0.29) is 11.8 Å². The van der Waals surface area contributed by atoms with Gasteiger partial charge in [-0.15, -0.1) is 0 Å². The average Bonchev–Trinajstić information content (AvgIpc) is 4.07. The zero-order chi connectivity index (χ0) is 47.2. The van der Waals surface area contributed by atoms with Crippen LogP contribution >= 0.6 is 0 Å². The summed E-state index contributed by atoms with van der Waals surface area (Å²) >= 11 is 0. The van der Waals surface area contributed by atoms with Crippen LogP contribution < -0.4 is 0 Å². The smallest absolute Gasteiger partial charge is 0.0951 e. The van der Waals surface area contributed by atoms with Crippen LogP contribution in [0.1, 0.15) is 41.7 Å². The van der Waals surface area contributed by atoms with Crippen LogP contribution in [0.15, 0.2) is 254 Å². The Bertz CT molecular complexity index is 3810. The SMILES string of the molecule is CC1C=CC=CC1C1C(c2ccccc2)=NN2C(c3ccccc3)=C(c3cccc(-c4cc(-n5c6ccccc6c6ccccc65)cc(-n5c6ccccc6c6ccccc65)c4)c3)c3ccccc3C12C. The first-order chi connectivity index (χ1) is 35.0. The first kappa shape index (κ1) is 41.3. The van der Waals surface area contributed by atoms with E-state index in [1.165, 1.54) is 65.9 Å². The molecule has 71 heavy (non-hydrogen) atoms. The van der Waals surface area contributed by atoms with Gasteiger partial charge in [0.25, 0.3) is 0 Å². The molecule has 0 N–H and O–H groups in total. The van der Waals surface area contributed by atoms with Gasteiger partial charge in [-0.1, -0.05) is 207 Å². The summed E-state index contributed by atoms with van der Waals surface area (Å²) in [5.41, 5.74) is 18.1. The number of fused-ring (bicyclic) bond motifs is 9. The molecule has 0 spiro atoms. The summed E-state index contributed by atoms with van der Waals surface area (Å²) in [6.07, 6.45) is 9.23. The zero-order valence-electron chi connectivity index (χ0n) is 39.7. The van der Waals surface area contributed by atoms with Gasteiger partial charge in [0.1, 0.15) is 0 Å². The fourth-order valence-electron chi connectivity index (χ4n) is 12.6. The third kappa shape index (κ3) is 6.27. The molecule has 338 valence electrons. The van der Waals surface area contributed by atoms with E-state index < -0.39 is 5.54 Å². The van der Waals surface area contributed by atoms with Gasteiger partial charge < -0.3 is 9.13 Å². The molecule has 0 radical (unpaired) electrons. The number of aromatic nitrogens is 2. The van der Waals surface area contributed by atoms with Crippen LogP contribution in [0.2, 0.25) is 0 Å². The van der Waals surface area contributed by atoms with Gasteiger partial charge in [-0.05, 0) is 101 Å². The van der Waals surface area contributed by atoms with E-state index in [0.29, 0.717) is 5.92 Å². The molecule has 0 saturated heterocycles. The largest absolute Gasteiger partial charge is 0.309 e. The predicted octanol–water partition coefficient (Wildman–Crippen LogP) is 16.4. The number of nitrogens with zero attached hydrogens (tertiary/aromatic N) is 4. The molecule has 0 saturated carbocycles. The molecule has 4 heterocycles. The van der Waals surface area contributed by atoms with Crippen LogP contribution in [0.5, 0.6) is 0 Å². The minimum atomic E-state index is -0.504. The summed E-state index contributed by atoms with van der Waals surface area (Å²) < 4.78 is 4.90. The molecule has 14 rings (SSSR count). The highest BCUT2D eigenvalue weighted by Crippen LogP contribution is 2.58. The topological polar surface area (TPSA) is 25.5 Å². The Kier molecular flexibility index (Phi) is 9.40. The third-order valence-corrected chi connectivity index (χ3v) is 15.8. The molecule has 0 bridgehead atoms. The molecule has 2 aliphatic heterocycles. The molecule has 4 unspecified atom stereocenters. The summed E-state index contributed by atoms with van der Waals surface area (Å²) in [5.74, 6) is 0.627. The molecular weight excluding hydrogens is 861 g/mol. The van der Waals surface area contributed by atoms with Crippen molar-refractivity contribution >= 4 is 60.6 Å². The van der Waals surface area contributed by atoms with Crippen LogP contribution in [0.3, 0.4) is 0 Å². The zero-order valence-corrected chi connectivity index (χ0v) is 39.7. The van der Waals surface area contributed by atoms with Crippen molar-refractivity contribution in [2.45, 2.75) is 19.4 Å². The first-order valence-electron chi connectivity index (χ1n) is 25.0. The van der Waals surface area contributed by atoms with E-state index in [1.807, 2.05) is 0 Å². The Morgan fingerprint density at radius 2 is 0.901 bits per heavy atom. The van der Waals surface area contributed by atoms with Crippen molar-refractivity contribution < 1.29 is 0 Å². The van der Waals surface area contributed by atoms with Gasteiger partial charge in [-0.25, -0.2) is 0 Å². The highest BCUT2D eigenvalue weighted by Gasteiger charge is 2.57. The van der Waals surface area contributed by atoms with Crippen molar-refractivity contribution in [1.29, 1.82) is 0 Å². The van der Waals surface area contributed by atoms with Gasteiger partial charge in [0.05, 0.1) is 39.0 Å². The van der Waals surface area contributed by atoms with Crippen LogP contribution in [-0.2, 0) is 5.54 Å². The maximum atomic E-state index is 5.86. The second kappa shape index (κ2) is 16.2. The molecule has 11 aromatic rings. The molecule has 1 aliphatic carbocycles. The van der Waals surface area contributed by atoms with Crippen molar-refractivity contribution in [3.05, 3.63) is 277 Å². The van der Waals surface area contributed by atoms with Crippen LogP contribution in [0, 0.1) is 17.8 Å². The molecule has 0 amide bonds. The van der Waals surface area contributed by atoms with Crippen LogP contribution in [0.4, 0.5) is 0 Å². The second-order valence-corrected chi connectivity index (χ2v) is 19.7. The minimum Gasteiger partial charge on any atom is -0.309 e. The number of benzene rings is 9. The Morgan fingerprint density at radius 3 is 1.48 bits per heavy atom. The van der Waals surface area contributed by atoms with Gasteiger partial charge in [0.15, 0.2) is 0 Å². The summed E-state index contributed by atoms with van der Waals surface area (Å²) in [7, 11) is 0. The van der Waals surface area contributed by atoms with E-state index in [2.05, 4.69) is 277 Å². The lowest BCUT2D eigenvalue weighted by Gasteiger charge is -2.48. The van der Waals surface area contributed by atoms with Gasteiger partial charge in [-0.2, -0.15) is 5.10 Å². The minimum absolute atomic E-state index is 0.0664. The van der Waals surface area contributed by atoms with Crippen molar-refractivity contribution in [3.63, 3.8) is 0 Å². The van der Waals surface area contributed by atoms with Crippen LogP contribution in [0.25, 0.3) is 77.4 Å². The summed E-state index contributed by atoms with van der Waals surface area (Å²) in [4.78, 5) is 0. The van der Waals surface area contributed by atoms with Gasteiger partial charge in [-0.3, -0.25) is 5.01 Å². The van der Waals surface area contributed by atoms with Crippen molar-refractivity contribution in [2.75, 3.05) is 0 Å². The highest BCUT2D eigenvalue weighted by atomic mass is 15.5. The monoisotopic (exact) mass is 910 g/mol. The Balaban J connectivity index is 1.03. The maximum Gasteiger partial charge on any atom is 0.0951 e. The number of para-hydroxylation sites is 4. The summed E-state index contributed by atoms with van der Waals surface area (Å²) in [6, 6.07) is 82.7. The van der Waals surface area contributed by atoms with E-state index >= 15 is 0 Å². The molecule has 3 aliphatic rings. The lowest BCUT2D eigenvalue weighted by molar-refractivity contribution is 0.133. The van der Waals surface area contributed by atoms with Crippen molar-refractivity contribution in [2.24, 2.45) is 22.9 Å². The highest BCUT2D eigenvalue weighted by molar-refractivity contribution is 6.12. The van der Waals surface area contributed by atoms with Gasteiger partial charge in [0.2, 0.25) is 0 Å². The molecule has 4 heteroatoms. The average molecular weight is 911 g/mol. The first-order valence-corrected chi connectivity index (χ1v) is 25.0. The second-order valence-electron chi connectivity index (χ2n) is 19.7. The normalized spacial score (nSPS) is 19.5. The number of hydrazone groups is 1. The Labute approximate surface area is 414 Å². The molecule has 9 aromatic carbocycles. The summed E-state index contributed by atoms with van der Waals surface area (Å²) in [6.45, 7) is 4.81. The van der Waals surface area contributed by atoms with E-state index in [1.54, 1.807) is 0 Å². The number of hydrogen-bond donors (Lipinski definition) is 0. The maximum absolute atomic E-state index is 5.86. The number of hydrogen-bond acceptors (Lipinski definition) is 2. The lowest BCUT2D eigenvalue weighted by atomic mass is 9.63. The number of allylic oxidation sites excluding steroid dienone is 4. The van der Waals surface area contributed by atoms with Crippen molar-refractivity contribution in [3.8, 4) is 22.5 Å². The van der Waals surface area contributed by atoms with E-state index in [0.717, 1.165) is 45.0 Å². The predicted molar refractivity (Wildman–Crippen MR) is 296 cm³/mol. The van der Waals surface area contributed by atoms with Gasteiger partial charge >= 0.3 is 0 Å². The Morgan fingerprint density at radius 1 is 0.423 bits per heavy atom. The van der Waals surface area contributed by atoms with Crippen LogP contribution in [-0.4, -0.2) is 19.9 Å². The molecule has 2 aromatic heterocycles.